The number of phenols is 1. The van der Waals surface area contributed by atoms with Gasteiger partial charge in [-0.1, -0.05) is 46.8 Å². The number of phenolic OH excluding ortho intramolecular Hbond substituents is 1. The van der Waals surface area contributed by atoms with Gasteiger partial charge in [-0.05, 0) is 119 Å². The van der Waals surface area contributed by atoms with Crippen LogP contribution in [0.15, 0.2) is 36.8 Å². The fraction of sp³-hybridized carbons (Fsp3) is 0.629. The minimum Gasteiger partial charge on any atom is -0.508 e. The minimum absolute atomic E-state index is 0.00567. The van der Waals surface area contributed by atoms with E-state index in [0.29, 0.717) is 30.6 Å². The number of carbonyl (C=O) groups is 12. The monoisotopic (exact) mass is 1420 g/mol. The van der Waals surface area contributed by atoms with Gasteiger partial charge in [0.15, 0.2) is 11.9 Å². The van der Waals surface area contributed by atoms with Crippen LogP contribution in [0.4, 0.5) is 0 Å². The van der Waals surface area contributed by atoms with Crippen molar-refractivity contribution in [2.75, 3.05) is 38.2 Å². The van der Waals surface area contributed by atoms with Gasteiger partial charge in [-0.25, -0.2) is 4.98 Å². The third-order valence-electron chi connectivity index (χ3n) is 15.2. The van der Waals surface area contributed by atoms with E-state index in [4.69, 9.17) is 33.8 Å². The number of aromatic amines is 1. The molecule has 37 heteroatoms. The average molecular weight is 1420 g/mol. The number of hydrogen-bond donors (Lipinski definition) is 23. The van der Waals surface area contributed by atoms with Crippen LogP contribution in [0.2, 0.25) is 0 Å². The molecular weight excluding hydrogens is 1310 g/mol. The molecule has 12 atom stereocenters. The highest BCUT2D eigenvalue weighted by molar-refractivity contribution is 7.98. The fourth-order valence-electron chi connectivity index (χ4n) is 9.87. The summed E-state index contributed by atoms with van der Waals surface area (Å²) in [7, 11) is 0. The Morgan fingerprint density at radius 2 is 0.970 bits per heavy atom. The molecule has 11 amide bonds. The summed E-state index contributed by atoms with van der Waals surface area (Å²) in [5.74, 6) is -13.7. The summed E-state index contributed by atoms with van der Waals surface area (Å²) in [6, 6.07) is -10.0. The predicted molar refractivity (Wildman–Crippen MR) is 366 cm³/mol. The van der Waals surface area contributed by atoms with E-state index in [2.05, 4.69) is 73.8 Å². The van der Waals surface area contributed by atoms with Gasteiger partial charge in [0.2, 0.25) is 65.0 Å². The molecule has 36 nitrogen and oxygen atoms in total. The summed E-state index contributed by atoms with van der Waals surface area (Å²) in [4.78, 5) is 173. The molecule has 0 saturated carbocycles. The number of unbranched alkanes of at least 4 members (excludes halogenated alkanes) is 1. The lowest BCUT2D eigenvalue weighted by molar-refractivity contribution is -0.142. The summed E-state index contributed by atoms with van der Waals surface area (Å²) in [5.41, 5.74) is 23.0. The molecule has 0 bridgehead atoms. The molecule has 0 spiro atoms. The van der Waals surface area contributed by atoms with Gasteiger partial charge >= 0.3 is 5.97 Å². The highest BCUT2D eigenvalue weighted by Crippen LogP contribution is 2.16. The van der Waals surface area contributed by atoms with E-state index in [0.717, 1.165) is 6.92 Å². The number of H-pyrrole nitrogens is 1. The van der Waals surface area contributed by atoms with Crippen LogP contribution in [0.5, 0.6) is 5.75 Å². The second kappa shape index (κ2) is 45.3. The van der Waals surface area contributed by atoms with E-state index in [1.165, 1.54) is 48.6 Å². The van der Waals surface area contributed by atoms with E-state index in [9.17, 15) is 78.0 Å². The Morgan fingerprint density at radius 1 is 0.535 bits per heavy atom. The standard InChI is InChI=1S/C62H104N20O16S/c1-32(2)24-42(50(64)88)76-57(95)45(27-37-29-69-31-72-37)79-55(93)43(25-33(3)4)77-53(91)40(14-11-22-71-62(67)68)74-56(94)44(26-36-15-17-38(85)18-16-36)78-52(90)39(13-8-9-20-63)73-58(96)46(28-48(86)87)80-60(98)49(35(6)84)82-54(92)41(19-23-99-7)75-59(97)47(30-83)81-51(89)34(5)12-10-21-70-61(65)66/h15-18,29,31-35,39-47,49,83-85H,8-14,19-28,30,63H2,1-7H3,(H2,64,88)(H,69,72)(H,73,96)(H,74,94)(H,75,97)(H,76,95)(H,77,91)(H,78,90)(H,79,93)(H,80,98)(H,81,89)(H,82,92)(H,86,87)(H4,65,66,70)(H4,67,68,71)/t34-,35+,39-,40-,41-,42-,43-,44-,45-,46-,47-,49-/m0/s1. The first-order chi connectivity index (χ1) is 46.7. The zero-order valence-electron chi connectivity index (χ0n) is 57.1. The normalized spacial score (nSPS) is 14.8. The number of aliphatic carboxylic acids is 1. The topological polar surface area (TPSA) is 611 Å². The molecule has 0 radical (unpaired) electrons. The van der Waals surface area contributed by atoms with Crippen molar-refractivity contribution >= 4 is 94.6 Å². The number of aromatic nitrogens is 2. The number of aliphatic hydroxyl groups is 2. The number of primary amides is 1. The van der Waals surface area contributed by atoms with Gasteiger partial charge in [0, 0.05) is 43.7 Å². The largest absolute Gasteiger partial charge is 0.508 e. The molecule has 0 aliphatic heterocycles. The van der Waals surface area contributed by atoms with Crippen LogP contribution < -0.4 is 86.7 Å². The van der Waals surface area contributed by atoms with Crippen LogP contribution >= 0.6 is 11.8 Å². The second-order valence-electron chi connectivity index (χ2n) is 24.8. The van der Waals surface area contributed by atoms with Crippen LogP contribution in [0.1, 0.15) is 123 Å². The smallest absolute Gasteiger partial charge is 0.305 e. The number of aromatic hydroxyl groups is 1. The summed E-state index contributed by atoms with van der Waals surface area (Å²) >= 11 is 1.27. The number of amides is 11. The quantitative estimate of drug-likeness (QED) is 0.0168. The maximum absolute atomic E-state index is 14.8. The van der Waals surface area contributed by atoms with Crippen molar-refractivity contribution in [2.24, 2.45) is 40.7 Å². The number of hydrogen-bond acceptors (Lipinski definition) is 20. The number of nitrogens with zero attached hydrogens (tertiary/aromatic N) is 1. The number of guanidine groups is 2. The Balaban J connectivity index is 2.56. The molecule has 554 valence electrons. The van der Waals surface area contributed by atoms with Crippen molar-refractivity contribution in [2.45, 2.75) is 192 Å². The molecule has 0 unspecified atom stereocenters. The Labute approximate surface area is 579 Å². The maximum atomic E-state index is 14.8. The zero-order valence-corrected chi connectivity index (χ0v) is 57.9. The molecular formula is C62H104N20O16S. The summed E-state index contributed by atoms with van der Waals surface area (Å²) in [5, 5.41) is 86.4. The number of aliphatic hydroxyl groups excluding tert-OH is 2. The molecule has 1 aromatic carbocycles. The number of rotatable bonds is 48. The van der Waals surface area contributed by atoms with Gasteiger partial charge in [-0.2, -0.15) is 11.8 Å². The van der Waals surface area contributed by atoms with Gasteiger partial charge in [0.1, 0.15) is 66.2 Å². The van der Waals surface area contributed by atoms with Crippen LogP contribution in [0.25, 0.3) is 0 Å². The van der Waals surface area contributed by atoms with Crippen molar-refractivity contribution in [1.82, 2.24) is 73.8 Å². The van der Waals surface area contributed by atoms with Crippen molar-refractivity contribution in [3.05, 3.63) is 48.0 Å². The van der Waals surface area contributed by atoms with Gasteiger partial charge in [0.05, 0.1) is 25.5 Å². The number of nitrogens with two attached hydrogens (primary N) is 4. The lowest BCUT2D eigenvalue weighted by Gasteiger charge is -2.29. The molecule has 0 fully saturated rings. The SMILES string of the molecule is CSCC[C@H](NC(=O)[C@H](CO)NC(=O)[C@@H](C)CCCNC(=N)N)C(=O)N[C@H](C(=O)N[C@@H](CC(=O)O)C(=O)N[C@@H](CCCCN)C(=O)N[C@@H](Cc1ccc(O)cc1)C(=O)N[C@@H](CCCNC(=N)N)C(=O)N[C@@H](CC(C)C)C(=O)N[C@@H](Cc1cnc[nH]1)C(=O)N[C@@H](CC(C)C)C(N)=O)[C@@H](C)O. The van der Waals surface area contributed by atoms with Gasteiger partial charge < -0.3 is 112 Å². The minimum atomic E-state index is -2.02. The van der Waals surface area contributed by atoms with Crippen molar-refractivity contribution in [3.63, 3.8) is 0 Å². The van der Waals surface area contributed by atoms with Gasteiger partial charge in [0.25, 0.3) is 0 Å². The number of carboxylic acid groups (broad SMARTS) is 1. The molecule has 99 heavy (non-hydrogen) atoms. The van der Waals surface area contributed by atoms with E-state index in [1.807, 2.05) is 13.8 Å². The Kier molecular flexibility index (Phi) is 39.2. The third-order valence-corrected chi connectivity index (χ3v) is 15.9. The van der Waals surface area contributed by atoms with Crippen molar-refractivity contribution < 1.29 is 78.0 Å². The molecule has 2 rings (SSSR count). The van der Waals surface area contributed by atoms with Crippen molar-refractivity contribution in [3.8, 4) is 5.75 Å². The van der Waals surface area contributed by atoms with Gasteiger partial charge in [-0.15, -0.1) is 0 Å². The lowest BCUT2D eigenvalue weighted by atomic mass is 10.00. The molecule has 27 N–H and O–H groups in total. The molecule has 0 saturated heterocycles. The number of carboxylic acids is 1. The number of benzene rings is 1. The number of carbonyl (C=O) groups excluding carboxylic acids is 11. The van der Waals surface area contributed by atoms with E-state index < -0.39 is 162 Å². The molecule has 1 heterocycles. The van der Waals surface area contributed by atoms with Gasteiger partial charge in [-0.3, -0.25) is 68.4 Å². The lowest BCUT2D eigenvalue weighted by Crippen LogP contribution is -2.62. The number of imidazole rings is 1. The van der Waals surface area contributed by atoms with Crippen LogP contribution in [0.3, 0.4) is 0 Å². The summed E-state index contributed by atoms with van der Waals surface area (Å²) in [6.45, 7) is 9.38. The molecule has 1 aromatic heterocycles. The Hall–Kier alpha value is -9.36. The summed E-state index contributed by atoms with van der Waals surface area (Å²) in [6.07, 6.45) is 2.11. The van der Waals surface area contributed by atoms with Crippen molar-refractivity contribution in [1.29, 1.82) is 10.8 Å². The van der Waals surface area contributed by atoms with E-state index in [1.54, 1.807) is 27.0 Å². The number of thioether (sulfide) groups is 1. The predicted octanol–water partition coefficient (Wildman–Crippen LogP) is -4.78. The summed E-state index contributed by atoms with van der Waals surface area (Å²) < 4.78 is 0. The van der Waals surface area contributed by atoms with E-state index in [-0.39, 0.29) is 107 Å². The molecule has 2 aromatic rings. The highest BCUT2D eigenvalue weighted by atomic mass is 32.2. The first-order valence-electron chi connectivity index (χ1n) is 32.6. The molecule has 0 aliphatic carbocycles. The van der Waals surface area contributed by atoms with E-state index >= 15 is 0 Å². The molecule has 0 aliphatic rings. The second-order valence-corrected chi connectivity index (χ2v) is 25.8. The Bertz CT molecular complexity index is 2980. The van der Waals surface area contributed by atoms with Crippen LogP contribution in [0, 0.1) is 28.6 Å². The fourth-order valence-corrected chi connectivity index (χ4v) is 10.3. The first kappa shape index (κ1) is 85.7. The Morgan fingerprint density at radius 3 is 1.45 bits per heavy atom. The first-order valence-corrected chi connectivity index (χ1v) is 34.0. The third kappa shape index (κ3) is 33.6. The van der Waals surface area contributed by atoms with Crippen LogP contribution in [-0.4, -0.2) is 218 Å². The maximum Gasteiger partial charge on any atom is 0.305 e. The number of nitrogens with one attached hydrogen (secondary N) is 15. The van der Waals surface area contributed by atoms with Crippen LogP contribution in [-0.2, 0) is 70.4 Å². The average Bonchev–Trinajstić information content (AvgIpc) is 1.10. The highest BCUT2D eigenvalue weighted by Gasteiger charge is 2.38. The zero-order chi connectivity index (χ0) is 74.5.